The van der Waals surface area contributed by atoms with Crippen LogP contribution >= 0.6 is 12.4 Å². The Bertz CT molecular complexity index is 521. The third-order valence-electron chi connectivity index (χ3n) is 4.50. The average molecular weight is 326 g/mol. The van der Waals surface area contributed by atoms with Crippen molar-refractivity contribution in [2.45, 2.75) is 77.7 Å². The molecule has 0 bridgehead atoms. The van der Waals surface area contributed by atoms with Gasteiger partial charge in [-0.2, -0.15) is 0 Å². The highest BCUT2D eigenvalue weighted by Crippen LogP contribution is 2.43. The highest BCUT2D eigenvalue weighted by atomic mass is 35.5. The van der Waals surface area contributed by atoms with Crippen LogP contribution in [-0.4, -0.2) is 5.11 Å². The Kier molecular flexibility index (Phi) is 5.63. The van der Waals surface area contributed by atoms with Crippen molar-refractivity contribution in [3.05, 3.63) is 28.8 Å². The lowest BCUT2D eigenvalue weighted by atomic mass is 9.78. The van der Waals surface area contributed by atoms with Gasteiger partial charge in [0.05, 0.1) is 0 Å². The molecule has 2 rings (SSSR count). The molecule has 2 nitrogen and oxygen atoms in total. The second kappa shape index (κ2) is 6.41. The summed E-state index contributed by atoms with van der Waals surface area (Å²) in [6, 6.07) is 4.22. The van der Waals surface area contributed by atoms with Crippen molar-refractivity contribution in [3.8, 4) is 5.75 Å². The molecule has 0 radical (unpaired) electrons. The second-order valence-corrected chi connectivity index (χ2v) is 8.75. The smallest absolute Gasteiger partial charge is 0.124 e. The molecule has 126 valence electrons. The number of nitrogens with two attached hydrogens (primary N) is 1. The first kappa shape index (κ1) is 19.3. The Morgan fingerprint density at radius 1 is 1.09 bits per heavy atom. The van der Waals surface area contributed by atoms with E-state index >= 15 is 0 Å². The van der Waals surface area contributed by atoms with Gasteiger partial charge in [0, 0.05) is 11.6 Å². The summed E-state index contributed by atoms with van der Waals surface area (Å²) in [5, 5.41) is 10.7. The molecule has 1 aliphatic carbocycles. The van der Waals surface area contributed by atoms with Crippen molar-refractivity contribution >= 4 is 12.4 Å². The van der Waals surface area contributed by atoms with Crippen LogP contribution in [0.3, 0.4) is 0 Å². The lowest BCUT2D eigenvalue weighted by molar-refractivity contribution is 0.428. The van der Waals surface area contributed by atoms with Gasteiger partial charge in [-0.1, -0.05) is 60.5 Å². The molecule has 22 heavy (non-hydrogen) atoms. The number of benzene rings is 1. The number of phenolic OH excluding ortho intramolecular Hbond substituents is 1. The van der Waals surface area contributed by atoms with Gasteiger partial charge in [0.15, 0.2) is 0 Å². The van der Waals surface area contributed by atoms with Gasteiger partial charge in [-0.05, 0) is 40.4 Å². The third-order valence-corrected chi connectivity index (χ3v) is 4.50. The van der Waals surface area contributed by atoms with Crippen LogP contribution in [0.25, 0.3) is 0 Å². The fourth-order valence-corrected chi connectivity index (χ4v) is 2.78. The highest BCUT2D eigenvalue weighted by Gasteiger charge is 2.29. The molecule has 3 heteroatoms. The van der Waals surface area contributed by atoms with E-state index in [2.05, 4.69) is 53.7 Å². The molecule has 0 heterocycles. The Labute approximate surface area is 141 Å². The first-order chi connectivity index (χ1) is 9.50. The van der Waals surface area contributed by atoms with E-state index in [4.69, 9.17) is 5.73 Å². The first-order valence-electron chi connectivity index (χ1n) is 8.13. The van der Waals surface area contributed by atoms with Gasteiger partial charge < -0.3 is 10.8 Å². The zero-order chi connectivity index (χ0) is 16.0. The van der Waals surface area contributed by atoms with E-state index in [9.17, 15) is 5.11 Å². The SMILES string of the molecule is CC(C)(C)c1cc([C@H](N)CC2CC2)c(O)c(C(C)(C)C)c1.Cl. The quantitative estimate of drug-likeness (QED) is 0.801. The van der Waals surface area contributed by atoms with Crippen LogP contribution in [0.2, 0.25) is 0 Å². The Balaban J connectivity index is 0.00000242. The average Bonchev–Trinajstić information content (AvgIpc) is 3.09. The van der Waals surface area contributed by atoms with E-state index < -0.39 is 0 Å². The number of phenols is 1. The van der Waals surface area contributed by atoms with E-state index in [-0.39, 0.29) is 29.3 Å². The summed E-state index contributed by atoms with van der Waals surface area (Å²) in [7, 11) is 0. The zero-order valence-electron chi connectivity index (χ0n) is 14.9. The van der Waals surface area contributed by atoms with Crippen molar-refractivity contribution < 1.29 is 5.11 Å². The largest absolute Gasteiger partial charge is 0.507 e. The van der Waals surface area contributed by atoms with Gasteiger partial charge in [-0.15, -0.1) is 12.4 Å². The molecule has 0 amide bonds. The Morgan fingerprint density at radius 3 is 2.05 bits per heavy atom. The topological polar surface area (TPSA) is 46.2 Å². The lowest BCUT2D eigenvalue weighted by Crippen LogP contribution is -2.20. The minimum absolute atomic E-state index is 0. The fourth-order valence-electron chi connectivity index (χ4n) is 2.78. The maximum absolute atomic E-state index is 10.7. The predicted octanol–water partition coefficient (Wildman–Crippen LogP) is 5.21. The molecule has 1 aromatic rings. The van der Waals surface area contributed by atoms with E-state index in [1.165, 1.54) is 18.4 Å². The summed E-state index contributed by atoms with van der Waals surface area (Å²) in [6.07, 6.45) is 3.57. The van der Waals surface area contributed by atoms with Crippen LogP contribution in [0, 0.1) is 5.92 Å². The standard InChI is InChI=1S/C19H31NO.ClH/c1-18(2,3)13-10-14(16(20)9-12-7-8-12)17(21)15(11-13)19(4,5)6;/h10-12,16,21H,7-9,20H2,1-6H3;1H/t16-;/m1./s1. The van der Waals surface area contributed by atoms with Crippen molar-refractivity contribution in [1.82, 2.24) is 0 Å². The van der Waals surface area contributed by atoms with Gasteiger partial charge in [0.25, 0.3) is 0 Å². The van der Waals surface area contributed by atoms with E-state index in [1.807, 2.05) is 0 Å². The summed E-state index contributed by atoms with van der Waals surface area (Å²) >= 11 is 0. The molecule has 3 N–H and O–H groups in total. The molecular formula is C19H32ClNO. The number of rotatable bonds is 3. The molecule has 0 saturated heterocycles. The van der Waals surface area contributed by atoms with Crippen molar-refractivity contribution in [1.29, 1.82) is 0 Å². The number of aromatic hydroxyl groups is 1. The van der Waals surface area contributed by atoms with Gasteiger partial charge in [0.1, 0.15) is 5.75 Å². The minimum Gasteiger partial charge on any atom is -0.507 e. The monoisotopic (exact) mass is 325 g/mol. The second-order valence-electron chi connectivity index (χ2n) is 8.75. The number of hydrogen-bond acceptors (Lipinski definition) is 2. The molecule has 0 spiro atoms. The van der Waals surface area contributed by atoms with Crippen LogP contribution in [0.4, 0.5) is 0 Å². The van der Waals surface area contributed by atoms with Gasteiger partial charge in [-0.3, -0.25) is 0 Å². The first-order valence-corrected chi connectivity index (χ1v) is 8.13. The zero-order valence-corrected chi connectivity index (χ0v) is 15.7. The summed E-state index contributed by atoms with van der Waals surface area (Å²) < 4.78 is 0. The molecule has 1 saturated carbocycles. The maximum atomic E-state index is 10.7. The van der Waals surface area contributed by atoms with E-state index in [0.29, 0.717) is 5.75 Å². The molecule has 1 fully saturated rings. The summed E-state index contributed by atoms with van der Waals surface area (Å²) in [4.78, 5) is 0. The van der Waals surface area contributed by atoms with Crippen molar-refractivity contribution in [3.63, 3.8) is 0 Å². The molecule has 0 unspecified atom stereocenters. The molecule has 0 aliphatic heterocycles. The lowest BCUT2D eigenvalue weighted by Gasteiger charge is -2.29. The van der Waals surface area contributed by atoms with Crippen molar-refractivity contribution in [2.75, 3.05) is 0 Å². The molecule has 0 aromatic heterocycles. The van der Waals surface area contributed by atoms with Crippen LogP contribution in [0.15, 0.2) is 12.1 Å². The predicted molar refractivity (Wildman–Crippen MR) is 97.0 cm³/mol. The van der Waals surface area contributed by atoms with Crippen LogP contribution in [0.5, 0.6) is 5.75 Å². The van der Waals surface area contributed by atoms with E-state index in [0.717, 1.165) is 23.5 Å². The molecular weight excluding hydrogens is 294 g/mol. The maximum Gasteiger partial charge on any atom is 0.124 e. The summed E-state index contributed by atoms with van der Waals surface area (Å²) in [6.45, 7) is 13.1. The van der Waals surface area contributed by atoms with Crippen LogP contribution in [0.1, 0.15) is 83.5 Å². The summed E-state index contributed by atoms with van der Waals surface area (Å²) in [5.41, 5.74) is 9.57. The van der Waals surface area contributed by atoms with Crippen LogP contribution < -0.4 is 5.73 Å². The van der Waals surface area contributed by atoms with Gasteiger partial charge in [-0.25, -0.2) is 0 Å². The minimum atomic E-state index is -0.0839. The number of hydrogen-bond donors (Lipinski definition) is 2. The molecule has 1 aromatic carbocycles. The fraction of sp³-hybridized carbons (Fsp3) is 0.684. The molecule has 1 atom stereocenters. The van der Waals surface area contributed by atoms with Gasteiger partial charge >= 0.3 is 0 Å². The Morgan fingerprint density at radius 2 is 1.64 bits per heavy atom. The normalized spacial score (nSPS) is 17.0. The van der Waals surface area contributed by atoms with Gasteiger partial charge in [0.2, 0.25) is 0 Å². The van der Waals surface area contributed by atoms with E-state index in [1.54, 1.807) is 0 Å². The molecule has 1 aliphatic rings. The number of halogens is 1. The third kappa shape index (κ3) is 4.39. The van der Waals surface area contributed by atoms with Crippen molar-refractivity contribution in [2.24, 2.45) is 11.7 Å². The highest BCUT2D eigenvalue weighted by molar-refractivity contribution is 5.85. The van der Waals surface area contributed by atoms with Crippen LogP contribution in [-0.2, 0) is 10.8 Å². The Hall–Kier alpha value is -0.730. The summed E-state index contributed by atoms with van der Waals surface area (Å²) in [5.74, 6) is 1.17.